The van der Waals surface area contributed by atoms with Crippen molar-refractivity contribution < 1.29 is 19.7 Å². The summed E-state index contributed by atoms with van der Waals surface area (Å²) in [6.45, 7) is -0.667. The molecule has 2 N–H and O–H groups in total. The van der Waals surface area contributed by atoms with E-state index >= 15 is 0 Å². The predicted molar refractivity (Wildman–Crippen MR) is 96.1 cm³/mol. The van der Waals surface area contributed by atoms with E-state index in [9.17, 15) is 9.90 Å². The molecule has 0 saturated heterocycles. The highest BCUT2D eigenvalue weighted by Gasteiger charge is 2.18. The van der Waals surface area contributed by atoms with Crippen molar-refractivity contribution in [3.63, 3.8) is 0 Å². The number of carbonyl (C=O) groups excluding carboxylic acids is 1. The molecule has 0 amide bonds. The van der Waals surface area contributed by atoms with Crippen LogP contribution in [0.15, 0.2) is 60.8 Å². The molecule has 3 rings (SSSR count). The lowest BCUT2D eigenvalue weighted by Gasteiger charge is -2.08. The summed E-state index contributed by atoms with van der Waals surface area (Å²) in [4.78, 5) is 20.2. The molecular formula is C20H15N3O4. The van der Waals surface area contributed by atoms with Crippen LogP contribution in [-0.4, -0.2) is 38.7 Å². The molecule has 2 aromatic carbocycles. The molecular weight excluding hydrogens is 346 g/mol. The van der Waals surface area contributed by atoms with E-state index in [1.165, 1.54) is 12.3 Å². The van der Waals surface area contributed by atoms with Crippen LogP contribution in [0.5, 0.6) is 11.5 Å². The summed E-state index contributed by atoms with van der Waals surface area (Å²) in [5, 5.41) is 27.2. The monoisotopic (exact) mass is 361 g/mol. The van der Waals surface area contributed by atoms with Crippen molar-refractivity contribution in [2.75, 3.05) is 6.61 Å². The van der Waals surface area contributed by atoms with E-state index in [0.29, 0.717) is 28.5 Å². The Bertz CT molecular complexity index is 979. The zero-order valence-corrected chi connectivity index (χ0v) is 14.1. The molecule has 134 valence electrons. The van der Waals surface area contributed by atoms with E-state index in [4.69, 9.17) is 15.1 Å². The fraction of sp³-hybridized carbons (Fsp3) is 0.100. The summed E-state index contributed by atoms with van der Waals surface area (Å²) in [5.41, 5.74) is 1.24. The van der Waals surface area contributed by atoms with E-state index in [0.717, 1.165) is 0 Å². The van der Waals surface area contributed by atoms with Crippen LogP contribution < -0.4 is 4.74 Å². The van der Waals surface area contributed by atoms with Crippen LogP contribution in [0.4, 0.5) is 0 Å². The number of ether oxygens (including phenoxy) is 1. The fourth-order valence-electron chi connectivity index (χ4n) is 2.29. The second-order valence-corrected chi connectivity index (χ2v) is 5.59. The van der Waals surface area contributed by atoms with Crippen LogP contribution in [0.2, 0.25) is 0 Å². The van der Waals surface area contributed by atoms with Crippen molar-refractivity contribution in [3.8, 4) is 29.0 Å². The van der Waals surface area contributed by atoms with E-state index in [1.807, 2.05) is 6.07 Å². The van der Waals surface area contributed by atoms with Gasteiger partial charge in [0.15, 0.2) is 5.82 Å². The minimum atomic E-state index is -1.50. The Labute approximate surface area is 155 Å². The third-order valence-electron chi connectivity index (χ3n) is 3.72. The minimum absolute atomic E-state index is 0.0273. The number of aliphatic hydroxyl groups excluding tert-OH is 2. The summed E-state index contributed by atoms with van der Waals surface area (Å²) >= 11 is 0. The Hall–Kier alpha value is -3.60. The van der Waals surface area contributed by atoms with Crippen molar-refractivity contribution in [1.82, 2.24) is 9.97 Å². The first-order valence-electron chi connectivity index (χ1n) is 8.05. The smallest absolute Gasteiger partial charge is 0.212 e. The highest BCUT2D eigenvalue weighted by Crippen LogP contribution is 2.24. The molecule has 1 heterocycles. The van der Waals surface area contributed by atoms with Gasteiger partial charge in [-0.2, -0.15) is 5.26 Å². The number of aromatic nitrogens is 2. The van der Waals surface area contributed by atoms with Crippen LogP contribution in [0.3, 0.4) is 0 Å². The van der Waals surface area contributed by atoms with Gasteiger partial charge in [-0.3, -0.25) is 4.79 Å². The maximum absolute atomic E-state index is 11.9. The molecule has 0 unspecified atom stereocenters. The standard InChI is InChI=1S/C20H15N3O4/c21-11-13-1-5-15(6-2-13)27-16-7-3-14(4-8-16)20-22-10-9-17(23-20)19(26)18(25)12-24/h1-10,18,24-25H,12H2/t18-/m1/s1. The molecule has 0 aliphatic carbocycles. The average Bonchev–Trinajstić information content (AvgIpc) is 2.74. The molecule has 3 aromatic rings. The van der Waals surface area contributed by atoms with Crippen LogP contribution >= 0.6 is 0 Å². The van der Waals surface area contributed by atoms with Gasteiger partial charge in [-0.1, -0.05) is 0 Å². The fourth-order valence-corrected chi connectivity index (χ4v) is 2.29. The molecule has 1 atom stereocenters. The molecule has 0 radical (unpaired) electrons. The lowest BCUT2D eigenvalue weighted by Crippen LogP contribution is -2.25. The van der Waals surface area contributed by atoms with Crippen LogP contribution in [-0.2, 0) is 0 Å². The lowest BCUT2D eigenvalue weighted by atomic mass is 10.1. The van der Waals surface area contributed by atoms with Gasteiger partial charge in [-0.25, -0.2) is 9.97 Å². The van der Waals surface area contributed by atoms with Gasteiger partial charge in [0.25, 0.3) is 0 Å². The van der Waals surface area contributed by atoms with E-state index in [-0.39, 0.29) is 5.69 Å². The second-order valence-electron chi connectivity index (χ2n) is 5.59. The van der Waals surface area contributed by atoms with Crippen LogP contribution in [0.1, 0.15) is 16.1 Å². The number of hydrogen-bond acceptors (Lipinski definition) is 7. The maximum Gasteiger partial charge on any atom is 0.212 e. The van der Waals surface area contributed by atoms with Crippen LogP contribution in [0, 0.1) is 11.3 Å². The Kier molecular flexibility index (Phi) is 5.52. The number of carbonyl (C=O) groups is 1. The summed E-state index contributed by atoms with van der Waals surface area (Å²) in [6.07, 6.45) is -0.0863. The lowest BCUT2D eigenvalue weighted by molar-refractivity contribution is 0.0582. The van der Waals surface area contributed by atoms with E-state index in [1.54, 1.807) is 48.5 Å². The molecule has 0 fully saturated rings. The number of rotatable bonds is 6. The molecule has 27 heavy (non-hydrogen) atoms. The third kappa shape index (κ3) is 4.33. The second kappa shape index (κ2) is 8.19. The third-order valence-corrected chi connectivity index (χ3v) is 3.72. The van der Waals surface area contributed by atoms with Crippen molar-refractivity contribution in [2.45, 2.75) is 6.10 Å². The van der Waals surface area contributed by atoms with Gasteiger partial charge < -0.3 is 14.9 Å². The topological polar surface area (TPSA) is 116 Å². The zero-order chi connectivity index (χ0) is 19.2. The van der Waals surface area contributed by atoms with Crippen molar-refractivity contribution >= 4 is 5.78 Å². The summed E-state index contributed by atoms with van der Waals surface area (Å²) in [5.74, 6) is 0.841. The van der Waals surface area contributed by atoms with Gasteiger partial charge in [0.1, 0.15) is 23.3 Å². The molecule has 7 nitrogen and oxygen atoms in total. The number of Topliss-reactive ketones (excluding diaryl/α,β-unsaturated/α-hetero) is 1. The molecule has 0 spiro atoms. The summed E-state index contributed by atoms with van der Waals surface area (Å²) < 4.78 is 5.71. The average molecular weight is 361 g/mol. The Morgan fingerprint density at radius 1 is 1.07 bits per heavy atom. The minimum Gasteiger partial charge on any atom is -0.457 e. The van der Waals surface area contributed by atoms with Gasteiger partial charge in [-0.15, -0.1) is 0 Å². The summed E-state index contributed by atoms with van der Waals surface area (Å²) in [7, 11) is 0. The first-order valence-corrected chi connectivity index (χ1v) is 8.05. The highest BCUT2D eigenvalue weighted by atomic mass is 16.5. The number of aliphatic hydroxyl groups is 2. The number of nitriles is 1. The molecule has 7 heteroatoms. The Morgan fingerprint density at radius 2 is 1.70 bits per heavy atom. The number of hydrogen-bond donors (Lipinski definition) is 2. The van der Waals surface area contributed by atoms with Gasteiger partial charge in [0.2, 0.25) is 5.78 Å². The number of ketones is 1. The highest BCUT2D eigenvalue weighted by molar-refractivity contribution is 5.97. The predicted octanol–water partition coefficient (Wildman–Crippen LogP) is 2.34. The molecule has 0 bridgehead atoms. The Balaban J connectivity index is 1.77. The summed E-state index contributed by atoms with van der Waals surface area (Å²) in [6, 6.07) is 17.1. The van der Waals surface area contributed by atoms with Gasteiger partial charge in [-0.05, 0) is 54.6 Å². The van der Waals surface area contributed by atoms with Crippen molar-refractivity contribution in [3.05, 3.63) is 72.1 Å². The van der Waals surface area contributed by atoms with Crippen molar-refractivity contribution in [2.24, 2.45) is 0 Å². The van der Waals surface area contributed by atoms with Crippen molar-refractivity contribution in [1.29, 1.82) is 5.26 Å². The Morgan fingerprint density at radius 3 is 2.30 bits per heavy atom. The molecule has 1 aromatic heterocycles. The van der Waals surface area contributed by atoms with E-state index in [2.05, 4.69) is 9.97 Å². The molecule has 0 aliphatic rings. The van der Waals surface area contributed by atoms with Gasteiger partial charge in [0, 0.05) is 11.8 Å². The SMILES string of the molecule is N#Cc1ccc(Oc2ccc(-c3nccc(C(=O)[C@H](O)CO)n3)cc2)cc1. The largest absolute Gasteiger partial charge is 0.457 e. The van der Waals surface area contributed by atoms with Gasteiger partial charge in [0.05, 0.1) is 18.2 Å². The molecule has 0 aliphatic heterocycles. The number of benzene rings is 2. The maximum atomic E-state index is 11.9. The van der Waals surface area contributed by atoms with Gasteiger partial charge >= 0.3 is 0 Å². The normalized spacial score (nSPS) is 11.4. The quantitative estimate of drug-likeness (QED) is 0.647. The van der Waals surface area contributed by atoms with Crippen LogP contribution in [0.25, 0.3) is 11.4 Å². The zero-order valence-electron chi connectivity index (χ0n) is 14.1. The number of nitrogens with zero attached hydrogens (tertiary/aromatic N) is 3. The first kappa shape index (κ1) is 18.2. The van der Waals surface area contributed by atoms with E-state index < -0.39 is 18.5 Å². The molecule has 0 saturated carbocycles. The first-order chi connectivity index (χ1) is 13.1.